The summed E-state index contributed by atoms with van der Waals surface area (Å²) in [7, 11) is 0. The molecule has 2 atom stereocenters. The van der Waals surface area contributed by atoms with E-state index >= 15 is 0 Å². The zero-order valence-corrected chi connectivity index (χ0v) is 15.6. The lowest BCUT2D eigenvalue weighted by Crippen LogP contribution is -2.53. The van der Waals surface area contributed by atoms with Crippen molar-refractivity contribution in [2.45, 2.75) is 31.4 Å². The second kappa shape index (κ2) is 7.01. The van der Waals surface area contributed by atoms with E-state index in [4.69, 9.17) is 4.74 Å². The normalized spacial score (nSPS) is 29.3. The fourth-order valence-electron chi connectivity index (χ4n) is 5.00. The van der Waals surface area contributed by atoms with Gasteiger partial charge in [-0.1, -0.05) is 54.6 Å². The van der Waals surface area contributed by atoms with Crippen molar-refractivity contribution in [2.75, 3.05) is 26.2 Å². The highest BCUT2D eigenvalue weighted by Gasteiger charge is 2.39. The Morgan fingerprint density at radius 1 is 0.926 bits per heavy atom. The first-order valence-electron chi connectivity index (χ1n) is 10.1. The first-order chi connectivity index (χ1) is 13.3. The standard InChI is InChI=1S/C23H26N2O2/c26-23(27-21-16-24-13-10-18(21)11-14-24)25-15-12-17-6-4-5-9-20(17)22(25)19-7-2-1-3-8-19/h1-9,18,21-22H,10-16H2. The van der Waals surface area contributed by atoms with Crippen molar-refractivity contribution in [1.82, 2.24) is 9.80 Å². The summed E-state index contributed by atoms with van der Waals surface area (Å²) in [6.07, 6.45) is 3.09. The summed E-state index contributed by atoms with van der Waals surface area (Å²) in [6, 6.07) is 18.8. The molecule has 4 nitrogen and oxygen atoms in total. The molecule has 2 bridgehead atoms. The van der Waals surface area contributed by atoms with E-state index in [2.05, 4.69) is 41.3 Å². The number of carbonyl (C=O) groups excluding carboxylic acids is 1. The van der Waals surface area contributed by atoms with Crippen LogP contribution in [0.4, 0.5) is 4.79 Å². The summed E-state index contributed by atoms with van der Waals surface area (Å²) in [5.41, 5.74) is 3.70. The lowest BCUT2D eigenvalue weighted by Gasteiger charge is -2.45. The van der Waals surface area contributed by atoms with Crippen LogP contribution in [0, 0.1) is 5.92 Å². The minimum atomic E-state index is -0.155. The number of hydrogen-bond donors (Lipinski definition) is 0. The summed E-state index contributed by atoms with van der Waals surface area (Å²) in [6.45, 7) is 3.91. The molecule has 4 aliphatic heterocycles. The van der Waals surface area contributed by atoms with Crippen molar-refractivity contribution in [3.05, 3.63) is 71.3 Å². The quantitative estimate of drug-likeness (QED) is 0.813. The second-order valence-electron chi connectivity index (χ2n) is 8.02. The van der Waals surface area contributed by atoms with Crippen LogP contribution >= 0.6 is 0 Å². The molecule has 2 aromatic rings. The number of amides is 1. The second-order valence-corrected chi connectivity index (χ2v) is 8.02. The molecule has 0 radical (unpaired) electrons. The monoisotopic (exact) mass is 362 g/mol. The molecule has 2 aromatic carbocycles. The van der Waals surface area contributed by atoms with Gasteiger partial charge in [0, 0.05) is 13.1 Å². The van der Waals surface area contributed by atoms with Crippen LogP contribution in [0.15, 0.2) is 54.6 Å². The van der Waals surface area contributed by atoms with Crippen LogP contribution in [0.2, 0.25) is 0 Å². The van der Waals surface area contributed by atoms with E-state index in [9.17, 15) is 4.79 Å². The maximum absolute atomic E-state index is 13.2. The van der Waals surface area contributed by atoms with Crippen molar-refractivity contribution >= 4 is 6.09 Å². The van der Waals surface area contributed by atoms with Crippen LogP contribution in [0.25, 0.3) is 0 Å². The molecule has 0 aliphatic carbocycles. The van der Waals surface area contributed by atoms with Gasteiger partial charge in [-0.25, -0.2) is 4.79 Å². The SMILES string of the molecule is O=C(OC1CN2CCC1CC2)N1CCc2ccccc2C1c1ccccc1. The van der Waals surface area contributed by atoms with Gasteiger partial charge in [-0.2, -0.15) is 0 Å². The number of piperidine rings is 3. The number of ether oxygens (including phenoxy) is 1. The van der Waals surface area contributed by atoms with Crippen LogP contribution in [0.3, 0.4) is 0 Å². The summed E-state index contributed by atoms with van der Waals surface area (Å²) >= 11 is 0. The van der Waals surface area contributed by atoms with Gasteiger partial charge in [0.05, 0.1) is 6.04 Å². The molecule has 2 unspecified atom stereocenters. The van der Waals surface area contributed by atoms with Gasteiger partial charge in [-0.3, -0.25) is 9.80 Å². The Bertz CT molecular complexity index is 814. The van der Waals surface area contributed by atoms with Crippen LogP contribution in [-0.2, 0) is 11.2 Å². The van der Waals surface area contributed by atoms with Gasteiger partial charge in [0.1, 0.15) is 6.10 Å². The average molecular weight is 362 g/mol. The van der Waals surface area contributed by atoms with E-state index in [0.717, 1.165) is 44.5 Å². The first kappa shape index (κ1) is 16.8. The molecule has 4 aliphatic rings. The molecular formula is C23H26N2O2. The first-order valence-corrected chi connectivity index (χ1v) is 10.1. The molecule has 0 N–H and O–H groups in total. The van der Waals surface area contributed by atoms with Gasteiger partial charge < -0.3 is 4.74 Å². The Morgan fingerprint density at radius 3 is 2.41 bits per heavy atom. The molecule has 4 heterocycles. The topological polar surface area (TPSA) is 32.8 Å². The zero-order chi connectivity index (χ0) is 18.2. The molecule has 140 valence electrons. The molecule has 0 saturated carbocycles. The van der Waals surface area contributed by atoms with Gasteiger partial charge >= 0.3 is 6.09 Å². The van der Waals surface area contributed by atoms with E-state index < -0.39 is 0 Å². The molecule has 27 heavy (non-hydrogen) atoms. The van der Waals surface area contributed by atoms with Crippen LogP contribution < -0.4 is 0 Å². The minimum Gasteiger partial charge on any atom is -0.444 e. The molecular weight excluding hydrogens is 336 g/mol. The highest BCUT2D eigenvalue weighted by molar-refractivity contribution is 5.70. The highest BCUT2D eigenvalue weighted by Crippen LogP contribution is 2.36. The maximum atomic E-state index is 13.2. The van der Waals surface area contributed by atoms with E-state index in [-0.39, 0.29) is 18.2 Å². The zero-order valence-electron chi connectivity index (χ0n) is 15.6. The Labute approximate surface area is 160 Å². The smallest absolute Gasteiger partial charge is 0.410 e. The fraction of sp³-hybridized carbons (Fsp3) is 0.435. The average Bonchev–Trinajstić information content (AvgIpc) is 2.74. The third kappa shape index (κ3) is 3.12. The maximum Gasteiger partial charge on any atom is 0.410 e. The van der Waals surface area contributed by atoms with E-state index in [1.165, 1.54) is 11.1 Å². The van der Waals surface area contributed by atoms with Crippen molar-refractivity contribution in [1.29, 1.82) is 0 Å². The highest BCUT2D eigenvalue weighted by atomic mass is 16.6. The van der Waals surface area contributed by atoms with E-state index in [1.807, 2.05) is 23.1 Å². The number of hydrogen-bond acceptors (Lipinski definition) is 3. The Morgan fingerprint density at radius 2 is 1.67 bits per heavy atom. The van der Waals surface area contributed by atoms with E-state index in [0.29, 0.717) is 12.5 Å². The number of nitrogens with zero attached hydrogens (tertiary/aromatic N) is 2. The Kier molecular flexibility index (Phi) is 4.36. The van der Waals surface area contributed by atoms with Crippen molar-refractivity contribution in [3.63, 3.8) is 0 Å². The van der Waals surface area contributed by atoms with E-state index in [1.54, 1.807) is 0 Å². The fourth-order valence-corrected chi connectivity index (χ4v) is 5.00. The van der Waals surface area contributed by atoms with Crippen molar-refractivity contribution in [3.8, 4) is 0 Å². The molecule has 1 amide bonds. The number of fused-ring (bicyclic) bond motifs is 4. The Hall–Kier alpha value is -2.33. The van der Waals surface area contributed by atoms with Crippen molar-refractivity contribution < 1.29 is 9.53 Å². The van der Waals surface area contributed by atoms with Crippen molar-refractivity contribution in [2.24, 2.45) is 5.92 Å². The third-order valence-corrected chi connectivity index (χ3v) is 6.48. The Balaban J connectivity index is 1.43. The van der Waals surface area contributed by atoms with Gasteiger partial charge in [-0.05, 0) is 55.0 Å². The number of carbonyl (C=O) groups is 1. The van der Waals surface area contributed by atoms with Gasteiger partial charge in [-0.15, -0.1) is 0 Å². The molecule has 3 fully saturated rings. The van der Waals surface area contributed by atoms with Gasteiger partial charge in [0.15, 0.2) is 0 Å². The summed E-state index contributed by atoms with van der Waals surface area (Å²) < 4.78 is 6.08. The predicted octanol–water partition coefficient (Wildman–Crippen LogP) is 3.86. The lowest BCUT2D eigenvalue weighted by atomic mass is 9.86. The molecule has 4 heteroatoms. The van der Waals surface area contributed by atoms with Crippen LogP contribution in [-0.4, -0.2) is 48.2 Å². The minimum absolute atomic E-state index is 0.0496. The van der Waals surface area contributed by atoms with Crippen LogP contribution in [0.1, 0.15) is 35.6 Å². The lowest BCUT2D eigenvalue weighted by molar-refractivity contribution is -0.0462. The predicted molar refractivity (Wildman–Crippen MR) is 105 cm³/mol. The number of benzene rings is 2. The van der Waals surface area contributed by atoms with Gasteiger partial charge in [0.2, 0.25) is 0 Å². The largest absolute Gasteiger partial charge is 0.444 e. The molecule has 3 saturated heterocycles. The molecule has 0 spiro atoms. The summed E-state index contributed by atoms with van der Waals surface area (Å²) in [5, 5.41) is 0. The van der Waals surface area contributed by atoms with Crippen LogP contribution in [0.5, 0.6) is 0 Å². The third-order valence-electron chi connectivity index (χ3n) is 6.48. The summed E-state index contributed by atoms with van der Waals surface area (Å²) in [5.74, 6) is 0.534. The van der Waals surface area contributed by atoms with Gasteiger partial charge in [0.25, 0.3) is 0 Å². The molecule has 6 rings (SSSR count). The summed E-state index contributed by atoms with van der Waals surface area (Å²) in [4.78, 5) is 17.6. The number of rotatable bonds is 2. The molecule has 0 aromatic heterocycles.